The molecule has 2 heterocycles. The second-order valence-corrected chi connectivity index (χ2v) is 8.48. The predicted molar refractivity (Wildman–Crippen MR) is 127 cm³/mol. The van der Waals surface area contributed by atoms with Crippen LogP contribution in [0.15, 0.2) is 79.0 Å². The Hall–Kier alpha value is -3.64. The van der Waals surface area contributed by atoms with Gasteiger partial charge in [-0.05, 0) is 49.1 Å². The number of nitrogens with one attached hydrogen (secondary N) is 2. The number of halogens is 1. The molecule has 166 valence electrons. The highest BCUT2D eigenvalue weighted by atomic mass is 19.1. The SMILES string of the molecule is O=C(N[C@@H]1CC[C@H](NCc2ccccc2)C1)c1cc(-c2ccc(F)cn2)nc2ccccc12. The lowest BCUT2D eigenvalue weighted by atomic mass is 10.0. The Morgan fingerprint density at radius 2 is 1.73 bits per heavy atom. The van der Waals surface area contributed by atoms with Gasteiger partial charge < -0.3 is 10.6 Å². The van der Waals surface area contributed by atoms with Gasteiger partial charge in [0.25, 0.3) is 5.91 Å². The largest absolute Gasteiger partial charge is 0.349 e. The first kappa shape index (κ1) is 21.2. The maximum Gasteiger partial charge on any atom is 0.252 e. The zero-order valence-electron chi connectivity index (χ0n) is 18.2. The van der Waals surface area contributed by atoms with E-state index in [9.17, 15) is 9.18 Å². The Morgan fingerprint density at radius 3 is 2.55 bits per heavy atom. The van der Waals surface area contributed by atoms with Crippen molar-refractivity contribution in [2.75, 3.05) is 0 Å². The number of fused-ring (bicyclic) bond motifs is 1. The van der Waals surface area contributed by atoms with Crippen LogP contribution in [0.3, 0.4) is 0 Å². The van der Waals surface area contributed by atoms with Gasteiger partial charge in [-0.25, -0.2) is 9.37 Å². The third-order valence-electron chi connectivity index (χ3n) is 6.16. The van der Waals surface area contributed by atoms with E-state index in [1.165, 1.54) is 11.6 Å². The summed E-state index contributed by atoms with van der Waals surface area (Å²) in [4.78, 5) is 22.1. The molecule has 0 saturated heterocycles. The first-order valence-electron chi connectivity index (χ1n) is 11.3. The molecule has 1 aliphatic carbocycles. The first-order valence-corrected chi connectivity index (χ1v) is 11.3. The number of hydrogen-bond acceptors (Lipinski definition) is 4. The summed E-state index contributed by atoms with van der Waals surface area (Å²) in [5, 5.41) is 7.61. The first-order chi connectivity index (χ1) is 16.2. The summed E-state index contributed by atoms with van der Waals surface area (Å²) in [6, 6.07) is 23.1. The van der Waals surface area contributed by atoms with Crippen molar-refractivity contribution < 1.29 is 9.18 Å². The fourth-order valence-corrected chi connectivity index (χ4v) is 4.44. The molecule has 0 aliphatic heterocycles. The van der Waals surface area contributed by atoms with Crippen LogP contribution in [-0.4, -0.2) is 28.0 Å². The number of nitrogens with zero attached hydrogens (tertiary/aromatic N) is 2. The third kappa shape index (κ3) is 4.91. The van der Waals surface area contributed by atoms with Gasteiger partial charge in [-0.1, -0.05) is 48.5 Å². The summed E-state index contributed by atoms with van der Waals surface area (Å²) >= 11 is 0. The standard InChI is InChI=1S/C27H25FN4O/c28-19-10-13-25(30-17-19)26-15-23(22-8-4-5-9-24(22)32-26)27(33)31-21-12-11-20(14-21)29-16-18-6-2-1-3-7-18/h1-10,13,15,17,20-21,29H,11-12,14,16H2,(H,31,33)/t20-,21+/m0/s1. The molecule has 2 aromatic heterocycles. The summed E-state index contributed by atoms with van der Waals surface area (Å²) in [6.07, 6.45) is 4.02. The number of hydrogen-bond donors (Lipinski definition) is 2. The fourth-order valence-electron chi connectivity index (χ4n) is 4.44. The van der Waals surface area contributed by atoms with Gasteiger partial charge in [0.05, 0.1) is 28.7 Å². The van der Waals surface area contributed by atoms with Crippen molar-refractivity contribution in [2.24, 2.45) is 0 Å². The van der Waals surface area contributed by atoms with Gasteiger partial charge in [0.2, 0.25) is 0 Å². The van der Waals surface area contributed by atoms with Gasteiger partial charge in [-0.3, -0.25) is 9.78 Å². The highest BCUT2D eigenvalue weighted by Gasteiger charge is 2.26. The molecule has 0 unspecified atom stereocenters. The second-order valence-electron chi connectivity index (χ2n) is 8.48. The molecule has 0 spiro atoms. The van der Waals surface area contributed by atoms with Gasteiger partial charge in [-0.2, -0.15) is 0 Å². The Morgan fingerprint density at radius 1 is 0.939 bits per heavy atom. The van der Waals surface area contributed by atoms with E-state index in [1.54, 1.807) is 12.1 Å². The number of amides is 1. The third-order valence-corrected chi connectivity index (χ3v) is 6.16. The molecule has 2 aromatic carbocycles. The molecule has 33 heavy (non-hydrogen) atoms. The van der Waals surface area contributed by atoms with Gasteiger partial charge in [0, 0.05) is 24.0 Å². The number of benzene rings is 2. The van der Waals surface area contributed by atoms with Crippen molar-refractivity contribution in [1.82, 2.24) is 20.6 Å². The molecule has 1 amide bonds. The molecule has 5 nitrogen and oxygen atoms in total. The van der Waals surface area contributed by atoms with Crippen LogP contribution in [0.1, 0.15) is 35.2 Å². The zero-order valence-corrected chi connectivity index (χ0v) is 18.2. The van der Waals surface area contributed by atoms with Crippen LogP contribution < -0.4 is 10.6 Å². The molecule has 0 bridgehead atoms. The van der Waals surface area contributed by atoms with E-state index < -0.39 is 5.82 Å². The predicted octanol–water partition coefficient (Wildman–Crippen LogP) is 4.88. The van der Waals surface area contributed by atoms with E-state index in [1.807, 2.05) is 42.5 Å². The fraction of sp³-hybridized carbons (Fsp3) is 0.222. The van der Waals surface area contributed by atoms with E-state index in [4.69, 9.17) is 0 Å². The number of carbonyl (C=O) groups excluding carboxylic acids is 1. The molecule has 2 N–H and O–H groups in total. The van der Waals surface area contributed by atoms with E-state index in [0.29, 0.717) is 28.5 Å². The van der Waals surface area contributed by atoms with Gasteiger partial charge in [0.1, 0.15) is 5.82 Å². The smallest absolute Gasteiger partial charge is 0.252 e. The Balaban J connectivity index is 1.31. The van der Waals surface area contributed by atoms with Crippen molar-refractivity contribution in [2.45, 2.75) is 37.9 Å². The molecule has 2 atom stereocenters. The number of aromatic nitrogens is 2. The van der Waals surface area contributed by atoms with Crippen LogP contribution in [0.4, 0.5) is 4.39 Å². The molecule has 1 saturated carbocycles. The average molecular weight is 441 g/mol. The average Bonchev–Trinajstić information content (AvgIpc) is 3.30. The number of rotatable bonds is 6. The molecule has 5 rings (SSSR count). The zero-order chi connectivity index (χ0) is 22.6. The number of pyridine rings is 2. The van der Waals surface area contributed by atoms with E-state index in [2.05, 4.69) is 32.7 Å². The van der Waals surface area contributed by atoms with Crippen LogP contribution >= 0.6 is 0 Å². The summed E-state index contributed by atoms with van der Waals surface area (Å²) in [5.74, 6) is -0.528. The summed E-state index contributed by atoms with van der Waals surface area (Å²) in [6.45, 7) is 0.829. The van der Waals surface area contributed by atoms with Crippen molar-refractivity contribution >= 4 is 16.8 Å². The second kappa shape index (κ2) is 9.46. The lowest BCUT2D eigenvalue weighted by molar-refractivity contribution is 0.0939. The summed E-state index contributed by atoms with van der Waals surface area (Å²) < 4.78 is 13.3. The van der Waals surface area contributed by atoms with Gasteiger partial charge in [0.15, 0.2) is 0 Å². The van der Waals surface area contributed by atoms with Crippen LogP contribution in [0.25, 0.3) is 22.3 Å². The molecule has 1 aliphatic rings. The maximum atomic E-state index is 13.3. The normalized spacial score (nSPS) is 17.8. The summed E-state index contributed by atoms with van der Waals surface area (Å²) in [5.41, 5.74) is 3.60. The Bertz CT molecular complexity index is 1260. The molecular formula is C27H25FN4O. The summed E-state index contributed by atoms with van der Waals surface area (Å²) in [7, 11) is 0. The Kier molecular flexibility index (Phi) is 6.09. The molecule has 4 aromatic rings. The quantitative estimate of drug-likeness (QED) is 0.449. The molecular weight excluding hydrogens is 415 g/mol. The van der Waals surface area contributed by atoms with E-state index >= 15 is 0 Å². The highest BCUT2D eigenvalue weighted by molar-refractivity contribution is 6.07. The van der Waals surface area contributed by atoms with Crippen molar-refractivity contribution in [3.8, 4) is 11.4 Å². The van der Waals surface area contributed by atoms with Crippen LogP contribution in [0, 0.1) is 5.82 Å². The number of carbonyl (C=O) groups is 1. The molecule has 6 heteroatoms. The van der Waals surface area contributed by atoms with Crippen LogP contribution in [0.2, 0.25) is 0 Å². The lowest BCUT2D eigenvalue weighted by Crippen LogP contribution is -2.35. The van der Waals surface area contributed by atoms with Gasteiger partial charge in [-0.15, -0.1) is 0 Å². The van der Waals surface area contributed by atoms with Crippen molar-refractivity contribution in [3.63, 3.8) is 0 Å². The monoisotopic (exact) mass is 440 g/mol. The topological polar surface area (TPSA) is 66.9 Å². The van der Waals surface area contributed by atoms with Crippen molar-refractivity contribution in [1.29, 1.82) is 0 Å². The minimum absolute atomic E-state index is 0.116. The minimum Gasteiger partial charge on any atom is -0.349 e. The molecule has 0 radical (unpaired) electrons. The molecule has 1 fully saturated rings. The van der Waals surface area contributed by atoms with E-state index in [0.717, 1.165) is 37.4 Å². The highest BCUT2D eigenvalue weighted by Crippen LogP contribution is 2.25. The maximum absolute atomic E-state index is 13.3. The van der Waals surface area contributed by atoms with Crippen LogP contribution in [0.5, 0.6) is 0 Å². The Labute approximate surface area is 192 Å². The van der Waals surface area contributed by atoms with Crippen LogP contribution in [-0.2, 0) is 6.54 Å². The number of para-hydroxylation sites is 1. The lowest BCUT2D eigenvalue weighted by Gasteiger charge is -2.16. The van der Waals surface area contributed by atoms with Crippen molar-refractivity contribution in [3.05, 3.63) is 95.9 Å². The van der Waals surface area contributed by atoms with Gasteiger partial charge >= 0.3 is 0 Å². The van der Waals surface area contributed by atoms with E-state index in [-0.39, 0.29) is 11.9 Å². The minimum atomic E-state index is -0.408.